The summed E-state index contributed by atoms with van der Waals surface area (Å²) in [5.41, 5.74) is 3.51. The van der Waals surface area contributed by atoms with E-state index < -0.39 is 0 Å². The first-order chi connectivity index (χ1) is 11.0. The number of thiazole rings is 1. The normalized spacial score (nSPS) is 15.2. The van der Waals surface area contributed by atoms with Gasteiger partial charge in [-0.15, -0.1) is 0 Å². The second-order valence-electron chi connectivity index (χ2n) is 6.77. The topological polar surface area (TPSA) is 36.4 Å². The van der Waals surface area contributed by atoms with Crippen molar-refractivity contribution in [3.63, 3.8) is 0 Å². The van der Waals surface area contributed by atoms with E-state index in [9.17, 15) is 4.79 Å². The second kappa shape index (κ2) is 6.57. The fourth-order valence-electron chi connectivity index (χ4n) is 2.81. The number of amides is 1. The molecular formula is C18H25N3OS. The van der Waals surface area contributed by atoms with Gasteiger partial charge < -0.3 is 4.90 Å². The lowest BCUT2D eigenvalue weighted by molar-refractivity contribution is -0.124. The molecule has 3 rings (SSSR count). The maximum atomic E-state index is 12.8. The summed E-state index contributed by atoms with van der Waals surface area (Å²) >= 11 is 1.64. The number of anilines is 1. The zero-order valence-corrected chi connectivity index (χ0v) is 15.2. The zero-order valence-electron chi connectivity index (χ0n) is 14.4. The predicted molar refractivity (Wildman–Crippen MR) is 97.3 cm³/mol. The minimum atomic E-state index is 0.201. The van der Waals surface area contributed by atoms with E-state index in [-0.39, 0.29) is 11.8 Å². The fourth-order valence-corrected chi connectivity index (χ4v) is 3.86. The van der Waals surface area contributed by atoms with Crippen molar-refractivity contribution in [2.24, 2.45) is 5.92 Å². The molecule has 1 aliphatic rings. The van der Waals surface area contributed by atoms with Crippen molar-refractivity contribution in [1.82, 2.24) is 9.88 Å². The molecule has 0 saturated heterocycles. The van der Waals surface area contributed by atoms with Crippen molar-refractivity contribution in [2.75, 3.05) is 32.1 Å². The number of hydrogen-bond donors (Lipinski definition) is 0. The van der Waals surface area contributed by atoms with Crippen LogP contribution in [0.4, 0.5) is 5.13 Å². The van der Waals surface area contributed by atoms with Crippen LogP contribution in [0, 0.1) is 19.8 Å². The molecule has 1 aromatic carbocycles. The highest BCUT2D eigenvalue weighted by molar-refractivity contribution is 7.22. The average Bonchev–Trinajstić information content (AvgIpc) is 2.85. The molecule has 0 radical (unpaired) electrons. The first kappa shape index (κ1) is 16.4. The van der Waals surface area contributed by atoms with Crippen molar-refractivity contribution < 1.29 is 4.79 Å². The Morgan fingerprint density at radius 1 is 1.26 bits per heavy atom. The minimum absolute atomic E-state index is 0.201. The van der Waals surface area contributed by atoms with Crippen molar-refractivity contribution in [1.29, 1.82) is 0 Å². The number of carbonyl (C=O) groups is 1. The van der Waals surface area contributed by atoms with Gasteiger partial charge in [0.05, 0.1) is 10.2 Å². The van der Waals surface area contributed by atoms with Gasteiger partial charge in [0.15, 0.2) is 5.13 Å². The number of likely N-dealkylation sites (N-methyl/N-ethyl adjacent to an activating group) is 1. The second-order valence-corrected chi connectivity index (χ2v) is 7.78. The first-order valence-electron chi connectivity index (χ1n) is 8.30. The molecule has 0 spiro atoms. The Bertz CT molecular complexity index is 718. The van der Waals surface area contributed by atoms with Gasteiger partial charge in [-0.2, -0.15) is 0 Å². The number of aryl methyl sites for hydroxylation is 2. The average molecular weight is 331 g/mol. The van der Waals surface area contributed by atoms with Crippen LogP contribution < -0.4 is 4.90 Å². The van der Waals surface area contributed by atoms with Gasteiger partial charge in [0.2, 0.25) is 5.91 Å². The molecule has 23 heavy (non-hydrogen) atoms. The Balaban J connectivity index is 1.94. The first-order valence-corrected chi connectivity index (χ1v) is 9.12. The summed E-state index contributed by atoms with van der Waals surface area (Å²) in [7, 11) is 4.08. The molecule has 1 fully saturated rings. The van der Waals surface area contributed by atoms with Crippen LogP contribution in [0.15, 0.2) is 12.1 Å². The molecule has 4 nitrogen and oxygen atoms in total. The Morgan fingerprint density at radius 3 is 2.61 bits per heavy atom. The van der Waals surface area contributed by atoms with E-state index >= 15 is 0 Å². The lowest BCUT2D eigenvalue weighted by Gasteiger charge is -2.30. The van der Waals surface area contributed by atoms with Gasteiger partial charge in [0.25, 0.3) is 0 Å². The standard InChI is InChI=1S/C18H25N3OS/c1-12-8-9-15-16(13(12)2)19-18(23-15)21(11-10-20(3)4)17(22)14-6-5-7-14/h8-9,14H,5-7,10-11H2,1-4H3. The van der Waals surface area contributed by atoms with Crippen LogP contribution in [0.1, 0.15) is 30.4 Å². The van der Waals surface area contributed by atoms with Crippen molar-refractivity contribution in [3.8, 4) is 0 Å². The van der Waals surface area contributed by atoms with E-state index in [0.717, 1.165) is 30.0 Å². The number of hydrogen-bond acceptors (Lipinski definition) is 4. The molecule has 0 atom stereocenters. The monoisotopic (exact) mass is 331 g/mol. The number of carbonyl (C=O) groups excluding carboxylic acids is 1. The number of rotatable bonds is 5. The molecule has 1 heterocycles. The molecular weight excluding hydrogens is 306 g/mol. The molecule has 2 aromatic rings. The van der Waals surface area contributed by atoms with Crippen LogP contribution in [0.25, 0.3) is 10.2 Å². The van der Waals surface area contributed by atoms with Crippen molar-refractivity contribution >= 4 is 32.6 Å². The Morgan fingerprint density at radius 2 is 2.00 bits per heavy atom. The van der Waals surface area contributed by atoms with Crippen molar-refractivity contribution in [2.45, 2.75) is 33.1 Å². The van der Waals surface area contributed by atoms with E-state index in [1.54, 1.807) is 11.3 Å². The summed E-state index contributed by atoms with van der Waals surface area (Å²) in [5.74, 6) is 0.457. The van der Waals surface area contributed by atoms with E-state index in [2.05, 4.69) is 30.9 Å². The molecule has 124 valence electrons. The summed E-state index contributed by atoms with van der Waals surface area (Å²) < 4.78 is 1.17. The number of nitrogens with zero attached hydrogens (tertiary/aromatic N) is 3. The number of benzene rings is 1. The molecule has 0 unspecified atom stereocenters. The predicted octanol–water partition coefficient (Wildman–Crippen LogP) is 3.61. The highest BCUT2D eigenvalue weighted by Crippen LogP contribution is 2.35. The quantitative estimate of drug-likeness (QED) is 0.840. The highest BCUT2D eigenvalue weighted by atomic mass is 32.1. The summed E-state index contributed by atoms with van der Waals surface area (Å²) in [4.78, 5) is 21.7. The number of aromatic nitrogens is 1. The van der Waals surface area contributed by atoms with E-state index in [1.807, 2.05) is 19.0 Å². The van der Waals surface area contributed by atoms with Gasteiger partial charge in [-0.25, -0.2) is 4.98 Å². The maximum Gasteiger partial charge on any atom is 0.231 e. The third kappa shape index (κ3) is 3.26. The third-order valence-electron chi connectivity index (χ3n) is 4.80. The molecule has 1 aromatic heterocycles. The smallest absolute Gasteiger partial charge is 0.231 e. The van der Waals surface area contributed by atoms with Gasteiger partial charge in [-0.05, 0) is 58.0 Å². The summed E-state index contributed by atoms with van der Waals surface area (Å²) in [5, 5.41) is 0.854. The van der Waals surface area contributed by atoms with E-state index in [1.165, 1.54) is 22.2 Å². The third-order valence-corrected chi connectivity index (χ3v) is 5.84. The molecule has 0 N–H and O–H groups in total. The molecule has 0 bridgehead atoms. The lowest BCUT2D eigenvalue weighted by Crippen LogP contribution is -2.42. The van der Waals surface area contributed by atoms with Gasteiger partial charge in [-0.1, -0.05) is 23.8 Å². The Hall–Kier alpha value is -1.46. The van der Waals surface area contributed by atoms with Crippen LogP contribution in [-0.4, -0.2) is 43.0 Å². The largest absolute Gasteiger partial charge is 0.308 e. The van der Waals surface area contributed by atoms with Gasteiger partial charge >= 0.3 is 0 Å². The molecule has 1 saturated carbocycles. The van der Waals surface area contributed by atoms with Crippen LogP contribution >= 0.6 is 11.3 Å². The Labute approximate surface area is 142 Å². The van der Waals surface area contributed by atoms with Gasteiger partial charge in [0, 0.05) is 19.0 Å². The number of fused-ring (bicyclic) bond motifs is 1. The minimum Gasteiger partial charge on any atom is -0.308 e. The zero-order chi connectivity index (χ0) is 16.6. The van der Waals surface area contributed by atoms with Crippen LogP contribution in [0.5, 0.6) is 0 Å². The maximum absolute atomic E-state index is 12.8. The Kier molecular flexibility index (Phi) is 4.69. The van der Waals surface area contributed by atoms with Gasteiger partial charge in [0.1, 0.15) is 0 Å². The van der Waals surface area contributed by atoms with Crippen LogP contribution in [0.3, 0.4) is 0 Å². The van der Waals surface area contributed by atoms with Crippen LogP contribution in [0.2, 0.25) is 0 Å². The van der Waals surface area contributed by atoms with E-state index in [0.29, 0.717) is 6.54 Å². The highest BCUT2D eigenvalue weighted by Gasteiger charge is 2.31. The SMILES string of the molecule is Cc1ccc2sc(N(CCN(C)C)C(=O)C3CCC3)nc2c1C. The molecule has 1 amide bonds. The summed E-state index contributed by atoms with van der Waals surface area (Å²) in [6.45, 7) is 5.78. The van der Waals surface area contributed by atoms with Gasteiger partial charge in [-0.3, -0.25) is 9.69 Å². The molecule has 5 heteroatoms. The lowest BCUT2D eigenvalue weighted by atomic mass is 9.84. The molecule has 0 aliphatic heterocycles. The summed E-state index contributed by atoms with van der Waals surface area (Å²) in [6, 6.07) is 4.26. The van der Waals surface area contributed by atoms with E-state index in [4.69, 9.17) is 4.98 Å². The van der Waals surface area contributed by atoms with Crippen molar-refractivity contribution in [3.05, 3.63) is 23.3 Å². The molecule has 1 aliphatic carbocycles. The summed E-state index contributed by atoms with van der Waals surface area (Å²) in [6.07, 6.45) is 3.23. The van der Waals surface area contributed by atoms with Crippen LogP contribution in [-0.2, 0) is 4.79 Å². The fraction of sp³-hybridized carbons (Fsp3) is 0.556.